The van der Waals surface area contributed by atoms with E-state index < -0.39 is 5.54 Å². The van der Waals surface area contributed by atoms with Gasteiger partial charge in [-0.2, -0.15) is 0 Å². The second-order valence-electron chi connectivity index (χ2n) is 2.50. The summed E-state index contributed by atoms with van der Waals surface area (Å²) in [4.78, 5) is 15.6. The summed E-state index contributed by atoms with van der Waals surface area (Å²) >= 11 is 0. The number of amides is 1. The van der Waals surface area contributed by atoms with E-state index in [1.165, 1.54) is 7.11 Å². The smallest absolute Gasteiger partial charge is 0.263 e. The van der Waals surface area contributed by atoms with Crippen molar-refractivity contribution >= 4 is 5.91 Å². The average molecular weight is 160 g/mol. The van der Waals surface area contributed by atoms with Crippen LogP contribution >= 0.6 is 0 Å². The molecule has 0 saturated carbocycles. The van der Waals surface area contributed by atoms with Gasteiger partial charge in [0.25, 0.3) is 5.91 Å². The molecule has 3 N–H and O–H groups in total. The maximum absolute atomic E-state index is 11.2. The van der Waals surface area contributed by atoms with E-state index in [0.717, 1.165) is 0 Å². The Morgan fingerprint density at radius 3 is 2.27 bits per heavy atom. The number of carbonyl (C=O) groups is 1. The predicted octanol–water partition coefficient (Wildman–Crippen LogP) is 0.182. The molecule has 0 rings (SSSR count). The van der Waals surface area contributed by atoms with Crippen molar-refractivity contribution in [1.82, 2.24) is 5.48 Å². The lowest BCUT2D eigenvalue weighted by atomic mass is 9.94. The fourth-order valence-electron chi connectivity index (χ4n) is 0.765. The van der Waals surface area contributed by atoms with Crippen LogP contribution in [-0.4, -0.2) is 18.6 Å². The molecule has 0 heterocycles. The highest BCUT2D eigenvalue weighted by Crippen LogP contribution is 2.10. The van der Waals surface area contributed by atoms with Crippen LogP contribution in [0.2, 0.25) is 0 Å². The van der Waals surface area contributed by atoms with Crippen LogP contribution in [0.15, 0.2) is 0 Å². The highest BCUT2D eigenvalue weighted by Gasteiger charge is 2.29. The van der Waals surface area contributed by atoms with E-state index in [9.17, 15) is 4.79 Å². The van der Waals surface area contributed by atoms with E-state index in [-0.39, 0.29) is 5.91 Å². The molecule has 66 valence electrons. The van der Waals surface area contributed by atoms with Crippen molar-refractivity contribution in [1.29, 1.82) is 0 Å². The summed E-state index contributed by atoms with van der Waals surface area (Å²) in [7, 11) is 1.39. The zero-order chi connectivity index (χ0) is 8.91. The van der Waals surface area contributed by atoms with Gasteiger partial charge in [0.15, 0.2) is 0 Å². The van der Waals surface area contributed by atoms with E-state index >= 15 is 0 Å². The topological polar surface area (TPSA) is 64.4 Å². The summed E-state index contributed by atoms with van der Waals surface area (Å²) in [5, 5.41) is 0. The molecule has 0 spiro atoms. The van der Waals surface area contributed by atoms with E-state index in [1.807, 2.05) is 13.8 Å². The zero-order valence-corrected chi connectivity index (χ0v) is 7.31. The minimum atomic E-state index is -0.782. The lowest BCUT2D eigenvalue weighted by Crippen LogP contribution is -2.52. The molecule has 0 aliphatic carbocycles. The standard InChI is InChI=1S/C7H16N2O2/c1-4-7(8,5-2)6(10)9-11-3/h4-5,8H2,1-3H3,(H,9,10). The molecule has 1 amide bonds. The van der Waals surface area contributed by atoms with Crippen LogP contribution in [0.25, 0.3) is 0 Å². The lowest BCUT2D eigenvalue weighted by molar-refractivity contribution is -0.137. The van der Waals surface area contributed by atoms with Gasteiger partial charge >= 0.3 is 0 Å². The normalized spacial score (nSPS) is 11.3. The van der Waals surface area contributed by atoms with E-state index in [0.29, 0.717) is 12.8 Å². The molecule has 0 aliphatic heterocycles. The first-order chi connectivity index (χ1) is 5.10. The van der Waals surface area contributed by atoms with Crippen LogP contribution in [0, 0.1) is 0 Å². The van der Waals surface area contributed by atoms with E-state index in [4.69, 9.17) is 5.73 Å². The van der Waals surface area contributed by atoms with Gasteiger partial charge in [0.05, 0.1) is 12.6 Å². The Morgan fingerprint density at radius 2 is 2.00 bits per heavy atom. The van der Waals surface area contributed by atoms with E-state index in [2.05, 4.69) is 10.3 Å². The SMILES string of the molecule is CCC(N)(CC)C(=O)NOC. The second kappa shape index (κ2) is 4.31. The van der Waals surface area contributed by atoms with Gasteiger partial charge in [0.2, 0.25) is 0 Å². The molecule has 0 unspecified atom stereocenters. The molecule has 0 aromatic rings. The van der Waals surface area contributed by atoms with Gasteiger partial charge < -0.3 is 5.73 Å². The molecule has 0 aromatic carbocycles. The number of hydrogen-bond acceptors (Lipinski definition) is 3. The van der Waals surface area contributed by atoms with Crippen molar-refractivity contribution < 1.29 is 9.63 Å². The van der Waals surface area contributed by atoms with Crippen LogP contribution in [0.1, 0.15) is 26.7 Å². The Hall–Kier alpha value is -0.610. The highest BCUT2D eigenvalue weighted by molar-refractivity contribution is 5.84. The number of nitrogens with two attached hydrogens (primary N) is 1. The van der Waals surface area contributed by atoms with Crippen molar-refractivity contribution in [3.63, 3.8) is 0 Å². The van der Waals surface area contributed by atoms with Crippen molar-refractivity contribution in [3.05, 3.63) is 0 Å². The maximum Gasteiger partial charge on any atom is 0.263 e. The Labute approximate surface area is 67.0 Å². The lowest BCUT2D eigenvalue weighted by Gasteiger charge is -2.23. The summed E-state index contributed by atoms with van der Waals surface area (Å²) in [5.74, 6) is -0.259. The predicted molar refractivity (Wildman–Crippen MR) is 42.7 cm³/mol. The van der Waals surface area contributed by atoms with Gasteiger partial charge in [-0.3, -0.25) is 9.63 Å². The van der Waals surface area contributed by atoms with Crippen LogP contribution in [0.4, 0.5) is 0 Å². The number of rotatable bonds is 4. The molecule has 0 aliphatic rings. The Balaban J connectivity index is 4.12. The maximum atomic E-state index is 11.2. The van der Waals surface area contributed by atoms with Gasteiger partial charge in [-0.25, -0.2) is 5.48 Å². The van der Waals surface area contributed by atoms with Crippen molar-refractivity contribution in [2.24, 2.45) is 5.73 Å². The van der Waals surface area contributed by atoms with Crippen LogP contribution in [-0.2, 0) is 9.63 Å². The molecule has 0 atom stereocenters. The molecule has 0 bridgehead atoms. The number of carbonyl (C=O) groups excluding carboxylic acids is 1. The van der Waals surface area contributed by atoms with Crippen LogP contribution < -0.4 is 11.2 Å². The molecule has 11 heavy (non-hydrogen) atoms. The zero-order valence-electron chi connectivity index (χ0n) is 7.31. The Kier molecular flexibility index (Phi) is 4.07. The fourth-order valence-corrected chi connectivity index (χ4v) is 0.765. The number of hydrogen-bond donors (Lipinski definition) is 2. The Bertz CT molecular complexity index is 132. The van der Waals surface area contributed by atoms with Gasteiger partial charge in [-0.05, 0) is 12.8 Å². The average Bonchev–Trinajstić information content (AvgIpc) is 2.03. The quantitative estimate of drug-likeness (QED) is 0.577. The highest BCUT2D eigenvalue weighted by atomic mass is 16.6. The van der Waals surface area contributed by atoms with Crippen molar-refractivity contribution in [2.75, 3.05) is 7.11 Å². The summed E-state index contributed by atoms with van der Waals surface area (Å²) < 4.78 is 0. The second-order valence-corrected chi connectivity index (χ2v) is 2.50. The molecule has 4 heteroatoms. The Morgan fingerprint density at radius 1 is 1.55 bits per heavy atom. The molecular weight excluding hydrogens is 144 g/mol. The largest absolute Gasteiger partial charge is 0.317 e. The first-order valence-electron chi connectivity index (χ1n) is 3.73. The third-order valence-electron chi connectivity index (χ3n) is 1.91. The monoisotopic (exact) mass is 160 g/mol. The van der Waals surface area contributed by atoms with Crippen LogP contribution in [0.5, 0.6) is 0 Å². The minimum Gasteiger partial charge on any atom is -0.317 e. The molecule has 4 nitrogen and oxygen atoms in total. The summed E-state index contributed by atoms with van der Waals surface area (Å²) in [6.45, 7) is 3.75. The first kappa shape index (κ1) is 10.4. The first-order valence-corrected chi connectivity index (χ1v) is 3.73. The molecule has 0 aromatic heterocycles. The molecule has 0 fully saturated rings. The molecular formula is C7H16N2O2. The fraction of sp³-hybridized carbons (Fsp3) is 0.857. The molecule has 0 radical (unpaired) electrons. The third kappa shape index (κ3) is 2.48. The van der Waals surface area contributed by atoms with Gasteiger partial charge in [-0.15, -0.1) is 0 Å². The summed E-state index contributed by atoms with van der Waals surface area (Å²) in [6, 6.07) is 0. The minimum absolute atomic E-state index is 0.259. The third-order valence-corrected chi connectivity index (χ3v) is 1.91. The van der Waals surface area contributed by atoms with Crippen molar-refractivity contribution in [2.45, 2.75) is 32.2 Å². The van der Waals surface area contributed by atoms with Gasteiger partial charge in [0.1, 0.15) is 0 Å². The van der Waals surface area contributed by atoms with Gasteiger partial charge in [0, 0.05) is 0 Å². The number of hydroxylamine groups is 1. The van der Waals surface area contributed by atoms with Crippen LogP contribution in [0.3, 0.4) is 0 Å². The molecule has 0 saturated heterocycles. The number of nitrogens with one attached hydrogen (secondary N) is 1. The van der Waals surface area contributed by atoms with Crippen molar-refractivity contribution in [3.8, 4) is 0 Å². The van der Waals surface area contributed by atoms with E-state index in [1.54, 1.807) is 0 Å². The summed E-state index contributed by atoms with van der Waals surface area (Å²) in [5.41, 5.74) is 7.18. The summed E-state index contributed by atoms with van der Waals surface area (Å²) in [6.07, 6.45) is 1.22. The van der Waals surface area contributed by atoms with Gasteiger partial charge in [-0.1, -0.05) is 13.8 Å².